The number of methoxy groups -OCH3 is 1. The number of carbonyl (C=O) groups is 2. The lowest BCUT2D eigenvalue weighted by atomic mass is 9.85. The number of benzene rings is 3. The van der Waals surface area contributed by atoms with Gasteiger partial charge in [-0.05, 0) is 59.6 Å². The summed E-state index contributed by atoms with van der Waals surface area (Å²) in [6.07, 6.45) is -0.361. The van der Waals surface area contributed by atoms with Crippen LogP contribution in [-0.4, -0.2) is 74.6 Å². The van der Waals surface area contributed by atoms with Gasteiger partial charge in [-0.1, -0.05) is 95.3 Å². The molecule has 0 saturated carbocycles. The van der Waals surface area contributed by atoms with Crippen LogP contribution in [0.5, 0.6) is 5.75 Å². The van der Waals surface area contributed by atoms with Gasteiger partial charge in [-0.25, -0.2) is 8.42 Å². The monoisotopic (exact) mass is 680 g/mol. The number of ether oxygens (including phenoxy) is 1. The number of nitrogens with zero attached hydrogens (tertiary/aromatic N) is 1. The Bertz CT molecular complexity index is 1530. The van der Waals surface area contributed by atoms with Crippen LogP contribution in [-0.2, 0) is 32.6 Å². The number of hydrogen-bond donors (Lipinski definition) is 4. The van der Waals surface area contributed by atoms with Gasteiger partial charge in [-0.3, -0.25) is 9.59 Å². The van der Waals surface area contributed by atoms with Crippen LogP contribution in [0.25, 0.3) is 0 Å². The minimum Gasteiger partial charge on any atom is -0.497 e. The molecule has 262 valence electrons. The van der Waals surface area contributed by atoms with Gasteiger partial charge in [0.1, 0.15) is 11.8 Å². The Morgan fingerprint density at radius 1 is 0.854 bits per heavy atom. The maximum atomic E-state index is 13.9. The first-order chi connectivity index (χ1) is 22.7. The normalized spacial score (nSPS) is 13.9. The molecule has 0 aliphatic heterocycles. The molecule has 0 aliphatic rings. The molecule has 48 heavy (non-hydrogen) atoms. The van der Waals surface area contributed by atoms with Crippen molar-refractivity contribution in [3.8, 4) is 5.75 Å². The third-order valence-corrected chi connectivity index (χ3v) is 9.77. The molecule has 11 heteroatoms. The Morgan fingerprint density at radius 2 is 1.44 bits per heavy atom. The maximum Gasteiger partial charge on any atom is 0.243 e. The average molecular weight is 681 g/mol. The lowest BCUT2D eigenvalue weighted by Crippen LogP contribution is -2.59. The topological polar surface area (TPSA) is 137 Å². The molecule has 0 fully saturated rings. The van der Waals surface area contributed by atoms with Crippen LogP contribution in [0.1, 0.15) is 52.2 Å². The van der Waals surface area contributed by atoms with Crippen molar-refractivity contribution in [2.45, 2.75) is 77.1 Å². The summed E-state index contributed by atoms with van der Waals surface area (Å²) >= 11 is 0. The second-order valence-electron chi connectivity index (χ2n) is 13.6. The molecule has 0 heterocycles. The predicted octanol–water partition coefficient (Wildman–Crippen LogP) is 4.14. The molecular weight excluding hydrogens is 628 g/mol. The van der Waals surface area contributed by atoms with Gasteiger partial charge in [0.2, 0.25) is 21.8 Å². The highest BCUT2D eigenvalue weighted by Crippen LogP contribution is 2.23. The molecule has 2 amide bonds. The van der Waals surface area contributed by atoms with E-state index in [4.69, 9.17) is 4.74 Å². The van der Waals surface area contributed by atoms with Crippen molar-refractivity contribution in [1.82, 2.24) is 20.3 Å². The van der Waals surface area contributed by atoms with Crippen molar-refractivity contribution >= 4 is 21.8 Å². The van der Waals surface area contributed by atoms with E-state index in [1.54, 1.807) is 12.1 Å². The molecule has 3 rings (SSSR count). The van der Waals surface area contributed by atoms with Crippen molar-refractivity contribution in [1.29, 1.82) is 0 Å². The minimum absolute atomic E-state index is 0.0161. The molecule has 3 aromatic rings. The molecular formula is C37H52N4O6S. The van der Waals surface area contributed by atoms with Crippen molar-refractivity contribution < 1.29 is 27.9 Å². The number of amides is 2. The van der Waals surface area contributed by atoms with Crippen LogP contribution in [0, 0.1) is 11.3 Å². The molecule has 0 spiro atoms. The van der Waals surface area contributed by atoms with E-state index in [0.717, 1.165) is 11.1 Å². The van der Waals surface area contributed by atoms with E-state index in [0.29, 0.717) is 25.1 Å². The summed E-state index contributed by atoms with van der Waals surface area (Å²) in [4.78, 5) is 26.9. The zero-order chi connectivity index (χ0) is 35.3. The predicted molar refractivity (Wildman–Crippen MR) is 189 cm³/mol. The molecule has 0 unspecified atom stereocenters. The van der Waals surface area contributed by atoms with Crippen LogP contribution in [0.2, 0.25) is 0 Å². The van der Waals surface area contributed by atoms with Crippen molar-refractivity contribution in [3.05, 3.63) is 96.1 Å². The first-order valence-corrected chi connectivity index (χ1v) is 17.8. The zero-order valence-corrected chi connectivity index (χ0v) is 29.8. The van der Waals surface area contributed by atoms with E-state index in [-0.39, 0.29) is 36.4 Å². The van der Waals surface area contributed by atoms with E-state index < -0.39 is 39.5 Å². The van der Waals surface area contributed by atoms with Crippen LogP contribution < -0.4 is 20.7 Å². The van der Waals surface area contributed by atoms with Crippen molar-refractivity contribution in [2.75, 3.05) is 26.7 Å². The van der Waals surface area contributed by atoms with Gasteiger partial charge in [0.05, 0.1) is 30.7 Å². The zero-order valence-electron chi connectivity index (χ0n) is 29.0. The van der Waals surface area contributed by atoms with Gasteiger partial charge in [-0.15, -0.1) is 0 Å². The highest BCUT2D eigenvalue weighted by molar-refractivity contribution is 7.89. The van der Waals surface area contributed by atoms with Crippen molar-refractivity contribution in [3.63, 3.8) is 0 Å². The number of rotatable bonds is 18. The fourth-order valence-electron chi connectivity index (χ4n) is 5.31. The molecule has 3 aromatic carbocycles. The summed E-state index contributed by atoms with van der Waals surface area (Å²) in [6.45, 7) is 9.83. The SMILES string of the molecule is COc1ccc(S(=O)(=O)N(CC(C)C)C[C@@H](O)[C@H](CCc2ccccc2)NC(=O)[C@@H](NC(=O)CNCc2ccccc2)C(C)(C)C)cc1. The van der Waals surface area contributed by atoms with Crippen LogP contribution in [0.3, 0.4) is 0 Å². The molecule has 0 aliphatic carbocycles. The highest BCUT2D eigenvalue weighted by atomic mass is 32.2. The van der Waals surface area contributed by atoms with Crippen LogP contribution in [0.4, 0.5) is 0 Å². The number of carbonyl (C=O) groups excluding carboxylic acids is 2. The van der Waals surface area contributed by atoms with E-state index in [2.05, 4.69) is 16.0 Å². The second kappa shape index (κ2) is 18.1. The molecule has 3 atom stereocenters. The molecule has 0 radical (unpaired) electrons. The average Bonchev–Trinajstić information content (AvgIpc) is 3.05. The highest BCUT2D eigenvalue weighted by Gasteiger charge is 2.36. The maximum absolute atomic E-state index is 13.9. The van der Waals surface area contributed by atoms with Gasteiger partial charge in [-0.2, -0.15) is 4.31 Å². The molecule has 4 N–H and O–H groups in total. The summed E-state index contributed by atoms with van der Waals surface area (Å²) in [5.41, 5.74) is 1.39. The number of aliphatic hydroxyl groups excluding tert-OH is 1. The van der Waals surface area contributed by atoms with Gasteiger partial charge >= 0.3 is 0 Å². The number of nitrogens with one attached hydrogen (secondary N) is 3. The quantitative estimate of drug-likeness (QED) is 0.159. The van der Waals surface area contributed by atoms with Crippen LogP contribution in [0.15, 0.2) is 89.8 Å². The largest absolute Gasteiger partial charge is 0.497 e. The number of aryl methyl sites for hydroxylation is 1. The summed E-state index contributed by atoms with van der Waals surface area (Å²) in [6, 6.07) is 23.8. The Balaban J connectivity index is 1.80. The smallest absolute Gasteiger partial charge is 0.243 e. The molecule has 10 nitrogen and oxygen atoms in total. The summed E-state index contributed by atoms with van der Waals surface area (Å²) in [5, 5.41) is 20.6. The molecule has 0 aromatic heterocycles. The molecule has 0 saturated heterocycles. The van der Waals surface area contributed by atoms with Crippen molar-refractivity contribution in [2.24, 2.45) is 11.3 Å². The standard InChI is InChI=1S/C37H52N4O6S/c1-27(2)25-41(48(45,46)31-20-18-30(47-6)19-21-31)26-33(42)32(22-17-28-13-9-7-10-14-28)39-36(44)35(37(3,4)5)40-34(43)24-38-23-29-15-11-8-12-16-29/h7-16,18-21,27,32-33,35,38,42H,17,22-26H2,1-6H3,(H,39,44)(H,40,43)/t32-,33+,35+/m0/s1. The van der Waals surface area contributed by atoms with Gasteiger partial charge in [0.25, 0.3) is 0 Å². The Hall–Kier alpha value is -3.77. The lowest BCUT2D eigenvalue weighted by molar-refractivity contribution is -0.132. The van der Waals surface area contributed by atoms with Gasteiger partial charge in [0.15, 0.2) is 0 Å². The fraction of sp³-hybridized carbons (Fsp3) is 0.459. The number of sulfonamides is 1. The Kier molecular flexibility index (Phi) is 14.6. The third-order valence-electron chi connectivity index (χ3n) is 7.93. The first-order valence-electron chi connectivity index (χ1n) is 16.4. The fourth-order valence-corrected chi connectivity index (χ4v) is 6.93. The lowest BCUT2D eigenvalue weighted by Gasteiger charge is -2.34. The number of aliphatic hydroxyl groups is 1. The second-order valence-corrected chi connectivity index (χ2v) is 15.5. The molecule has 0 bridgehead atoms. The Morgan fingerprint density at radius 3 is 1.98 bits per heavy atom. The third kappa shape index (κ3) is 12.0. The van der Waals surface area contributed by atoms with Crippen LogP contribution >= 0.6 is 0 Å². The first kappa shape index (κ1) is 38.7. The Labute approximate surface area is 286 Å². The summed E-state index contributed by atoms with van der Waals surface area (Å²) in [5.74, 6) is -0.292. The number of hydrogen-bond acceptors (Lipinski definition) is 7. The summed E-state index contributed by atoms with van der Waals surface area (Å²) in [7, 11) is -2.48. The summed E-state index contributed by atoms with van der Waals surface area (Å²) < 4.78 is 34.1. The van der Waals surface area contributed by atoms with E-state index in [1.807, 2.05) is 95.3 Å². The minimum atomic E-state index is -3.99. The van der Waals surface area contributed by atoms with Gasteiger partial charge < -0.3 is 25.8 Å². The van der Waals surface area contributed by atoms with Gasteiger partial charge in [0, 0.05) is 19.6 Å². The van der Waals surface area contributed by atoms with E-state index >= 15 is 0 Å². The van der Waals surface area contributed by atoms with E-state index in [1.165, 1.54) is 23.5 Å². The van der Waals surface area contributed by atoms with E-state index in [9.17, 15) is 23.1 Å².